The molecule has 4 N–H and O–H groups in total. The quantitative estimate of drug-likeness (QED) is 0.805. The van der Waals surface area contributed by atoms with Crippen molar-refractivity contribution in [2.24, 2.45) is 10.9 Å². The van der Waals surface area contributed by atoms with E-state index < -0.39 is 10.0 Å². The molecule has 7 heteroatoms. The first kappa shape index (κ1) is 15.2. The molecule has 0 aliphatic carbocycles. The van der Waals surface area contributed by atoms with E-state index in [2.05, 4.69) is 4.90 Å². The van der Waals surface area contributed by atoms with Gasteiger partial charge in [0.1, 0.15) is 12.4 Å². The standard InChI is InChI=1S/C13H21N3O3S/c14-11-5-7-16(8-6-11)9-10-19-12-1-3-13(4-2-12)20(15,17)18/h1-4,11H,5-10,14H2,(H2,15,17,18). The number of hydrogen-bond acceptors (Lipinski definition) is 5. The molecule has 1 aliphatic heterocycles. The van der Waals surface area contributed by atoms with E-state index in [1.807, 2.05) is 0 Å². The number of piperidine rings is 1. The monoisotopic (exact) mass is 299 g/mol. The highest BCUT2D eigenvalue weighted by Gasteiger charge is 2.15. The molecule has 0 radical (unpaired) electrons. The van der Waals surface area contributed by atoms with Gasteiger partial charge in [0.05, 0.1) is 4.90 Å². The summed E-state index contributed by atoms with van der Waals surface area (Å²) >= 11 is 0. The predicted octanol–water partition coefficient (Wildman–Crippen LogP) is 0.136. The lowest BCUT2D eigenvalue weighted by atomic mass is 10.1. The Hall–Kier alpha value is -1.15. The van der Waals surface area contributed by atoms with E-state index in [-0.39, 0.29) is 4.90 Å². The van der Waals surface area contributed by atoms with E-state index in [9.17, 15) is 8.42 Å². The fraction of sp³-hybridized carbons (Fsp3) is 0.538. The minimum Gasteiger partial charge on any atom is -0.492 e. The Morgan fingerprint density at radius 3 is 2.35 bits per heavy atom. The summed E-state index contributed by atoms with van der Waals surface area (Å²) in [7, 11) is -3.64. The maximum absolute atomic E-state index is 11.1. The molecule has 0 atom stereocenters. The molecule has 1 aliphatic rings. The van der Waals surface area contributed by atoms with Crippen molar-refractivity contribution in [3.63, 3.8) is 0 Å². The summed E-state index contributed by atoms with van der Waals surface area (Å²) in [6.07, 6.45) is 2.06. The van der Waals surface area contributed by atoms with Crippen LogP contribution in [-0.2, 0) is 10.0 Å². The number of nitrogens with two attached hydrogens (primary N) is 2. The molecule has 1 aromatic carbocycles. The molecule has 0 spiro atoms. The highest BCUT2D eigenvalue weighted by atomic mass is 32.2. The van der Waals surface area contributed by atoms with Crippen LogP contribution in [0.25, 0.3) is 0 Å². The van der Waals surface area contributed by atoms with Crippen LogP contribution in [0, 0.1) is 0 Å². The first-order valence-corrected chi connectivity index (χ1v) is 8.23. The van der Waals surface area contributed by atoms with Gasteiger partial charge in [-0.1, -0.05) is 0 Å². The number of ether oxygens (including phenoxy) is 1. The third-order valence-electron chi connectivity index (χ3n) is 3.46. The minimum atomic E-state index is -3.64. The van der Waals surface area contributed by atoms with Gasteiger partial charge in [-0.05, 0) is 50.2 Å². The van der Waals surface area contributed by atoms with Crippen LogP contribution in [0.1, 0.15) is 12.8 Å². The van der Waals surface area contributed by atoms with Gasteiger partial charge in [-0.25, -0.2) is 13.6 Å². The van der Waals surface area contributed by atoms with Crippen molar-refractivity contribution in [3.8, 4) is 5.75 Å². The Kier molecular flexibility index (Phi) is 4.98. The molecule has 2 rings (SSSR count). The zero-order valence-corrected chi connectivity index (χ0v) is 12.2. The van der Waals surface area contributed by atoms with Crippen LogP contribution in [0.15, 0.2) is 29.2 Å². The SMILES string of the molecule is NC1CCN(CCOc2ccc(S(N)(=O)=O)cc2)CC1. The molecule has 1 fully saturated rings. The van der Waals surface area contributed by atoms with Crippen molar-refractivity contribution in [3.05, 3.63) is 24.3 Å². The Labute approximate surface area is 119 Å². The van der Waals surface area contributed by atoms with Crippen LogP contribution in [0.3, 0.4) is 0 Å². The zero-order chi connectivity index (χ0) is 14.6. The predicted molar refractivity (Wildman–Crippen MR) is 77.0 cm³/mol. The second-order valence-electron chi connectivity index (χ2n) is 5.04. The highest BCUT2D eigenvalue weighted by molar-refractivity contribution is 7.89. The molecule has 0 unspecified atom stereocenters. The van der Waals surface area contributed by atoms with Gasteiger partial charge in [0.2, 0.25) is 10.0 Å². The van der Waals surface area contributed by atoms with Crippen molar-refractivity contribution in [2.75, 3.05) is 26.2 Å². The molecule has 0 amide bonds. The summed E-state index contributed by atoms with van der Waals surface area (Å²) in [5.74, 6) is 0.645. The lowest BCUT2D eigenvalue weighted by Gasteiger charge is -2.29. The lowest BCUT2D eigenvalue weighted by Crippen LogP contribution is -2.41. The fourth-order valence-corrected chi connectivity index (χ4v) is 2.71. The molecular weight excluding hydrogens is 278 g/mol. The Bertz CT molecular complexity index is 522. The van der Waals surface area contributed by atoms with E-state index in [1.165, 1.54) is 12.1 Å². The van der Waals surface area contributed by atoms with Gasteiger partial charge in [0, 0.05) is 12.6 Å². The van der Waals surface area contributed by atoms with Gasteiger partial charge in [-0.3, -0.25) is 4.90 Å². The first-order valence-electron chi connectivity index (χ1n) is 6.69. The molecule has 6 nitrogen and oxygen atoms in total. The highest BCUT2D eigenvalue weighted by Crippen LogP contribution is 2.15. The molecule has 112 valence electrons. The molecule has 0 aromatic heterocycles. The third kappa shape index (κ3) is 4.45. The Morgan fingerprint density at radius 2 is 1.80 bits per heavy atom. The van der Waals surface area contributed by atoms with Crippen molar-refractivity contribution < 1.29 is 13.2 Å². The van der Waals surface area contributed by atoms with Crippen LogP contribution in [0.2, 0.25) is 0 Å². The average Bonchev–Trinajstić information content (AvgIpc) is 2.41. The topological polar surface area (TPSA) is 98.6 Å². The van der Waals surface area contributed by atoms with E-state index in [4.69, 9.17) is 15.6 Å². The van der Waals surface area contributed by atoms with Crippen molar-refractivity contribution in [2.45, 2.75) is 23.8 Å². The maximum Gasteiger partial charge on any atom is 0.238 e. The van der Waals surface area contributed by atoms with Crippen LogP contribution in [-0.4, -0.2) is 45.6 Å². The molecular formula is C13H21N3O3S. The van der Waals surface area contributed by atoms with Crippen molar-refractivity contribution >= 4 is 10.0 Å². The van der Waals surface area contributed by atoms with E-state index in [0.717, 1.165) is 32.5 Å². The van der Waals surface area contributed by atoms with E-state index in [1.54, 1.807) is 12.1 Å². The summed E-state index contributed by atoms with van der Waals surface area (Å²) in [5.41, 5.74) is 5.85. The van der Waals surface area contributed by atoms with Crippen LogP contribution in [0.5, 0.6) is 5.75 Å². The maximum atomic E-state index is 11.1. The van der Waals surface area contributed by atoms with Gasteiger partial charge in [-0.15, -0.1) is 0 Å². The summed E-state index contributed by atoms with van der Waals surface area (Å²) in [6.45, 7) is 3.44. The summed E-state index contributed by atoms with van der Waals surface area (Å²) in [6, 6.07) is 6.46. The smallest absolute Gasteiger partial charge is 0.238 e. The molecule has 20 heavy (non-hydrogen) atoms. The first-order chi connectivity index (χ1) is 9.45. The zero-order valence-electron chi connectivity index (χ0n) is 11.4. The van der Waals surface area contributed by atoms with Gasteiger partial charge in [0.15, 0.2) is 0 Å². The lowest BCUT2D eigenvalue weighted by molar-refractivity contribution is 0.174. The number of primary sulfonamides is 1. The number of rotatable bonds is 5. The molecule has 1 saturated heterocycles. The van der Waals surface area contributed by atoms with Gasteiger partial charge >= 0.3 is 0 Å². The van der Waals surface area contributed by atoms with Crippen molar-refractivity contribution in [1.29, 1.82) is 0 Å². The average molecular weight is 299 g/mol. The number of nitrogens with zero attached hydrogens (tertiary/aromatic N) is 1. The number of benzene rings is 1. The minimum absolute atomic E-state index is 0.0925. The molecule has 1 heterocycles. The van der Waals surface area contributed by atoms with Crippen LogP contribution in [0.4, 0.5) is 0 Å². The van der Waals surface area contributed by atoms with Gasteiger partial charge in [0.25, 0.3) is 0 Å². The summed E-state index contributed by atoms with van der Waals surface area (Å²) < 4.78 is 27.8. The number of hydrogen-bond donors (Lipinski definition) is 2. The second-order valence-corrected chi connectivity index (χ2v) is 6.61. The van der Waals surface area contributed by atoms with E-state index >= 15 is 0 Å². The second kappa shape index (κ2) is 6.53. The molecule has 1 aromatic rings. The van der Waals surface area contributed by atoms with Crippen molar-refractivity contribution in [1.82, 2.24) is 4.90 Å². The molecule has 0 saturated carbocycles. The number of likely N-dealkylation sites (tertiary alicyclic amines) is 1. The normalized spacial score (nSPS) is 18.1. The Morgan fingerprint density at radius 1 is 1.20 bits per heavy atom. The van der Waals surface area contributed by atoms with Gasteiger partial charge in [-0.2, -0.15) is 0 Å². The Balaban J connectivity index is 1.77. The van der Waals surface area contributed by atoms with Crippen LogP contribution >= 0.6 is 0 Å². The largest absolute Gasteiger partial charge is 0.492 e. The fourth-order valence-electron chi connectivity index (χ4n) is 2.19. The summed E-state index contributed by atoms with van der Waals surface area (Å²) in [4.78, 5) is 2.41. The van der Waals surface area contributed by atoms with E-state index in [0.29, 0.717) is 18.4 Å². The third-order valence-corrected chi connectivity index (χ3v) is 4.39. The van der Waals surface area contributed by atoms with Gasteiger partial charge < -0.3 is 10.5 Å². The molecule has 0 bridgehead atoms. The van der Waals surface area contributed by atoms with Crippen LogP contribution < -0.4 is 15.6 Å². The summed E-state index contributed by atoms with van der Waals surface area (Å²) in [5, 5.41) is 5.03. The number of sulfonamides is 1.